The summed E-state index contributed by atoms with van der Waals surface area (Å²) >= 11 is 0. The van der Waals surface area contributed by atoms with Crippen LogP contribution in [-0.2, 0) is 10.0 Å². The molecule has 1 heterocycles. The van der Waals surface area contributed by atoms with Crippen LogP contribution in [0.15, 0.2) is 5.16 Å². The van der Waals surface area contributed by atoms with E-state index in [1.807, 2.05) is 13.8 Å². The molecule has 2 aliphatic rings. The lowest BCUT2D eigenvalue weighted by Gasteiger charge is -2.23. The first-order valence-corrected chi connectivity index (χ1v) is 8.40. The Morgan fingerprint density at radius 3 is 2.47 bits per heavy atom. The van der Waals surface area contributed by atoms with Crippen LogP contribution in [0.4, 0.5) is 0 Å². The molecular weight excluding hydrogens is 264 g/mol. The van der Waals surface area contributed by atoms with Crippen molar-refractivity contribution in [3.63, 3.8) is 0 Å². The molecule has 2 saturated carbocycles. The molecule has 6 nitrogen and oxygen atoms in total. The van der Waals surface area contributed by atoms with Gasteiger partial charge in [-0.25, -0.2) is 13.6 Å². The fraction of sp³-hybridized carbons (Fsp3) is 0.833. The number of nitrogens with zero attached hydrogens (tertiary/aromatic N) is 3. The minimum atomic E-state index is -3.81. The standard InChI is InChI=1S/C12H20N4O2S/c1-7(2)16-11(14-15-12(16)19(13,17)18)10-6-8-3-4-9(10)5-8/h7-10H,3-6H2,1-2H3,(H2,13,17,18). The molecule has 0 spiro atoms. The molecule has 0 aromatic carbocycles. The lowest BCUT2D eigenvalue weighted by atomic mass is 9.88. The van der Waals surface area contributed by atoms with Gasteiger partial charge < -0.3 is 0 Å². The van der Waals surface area contributed by atoms with Gasteiger partial charge in [0, 0.05) is 12.0 Å². The Kier molecular flexibility index (Phi) is 2.94. The van der Waals surface area contributed by atoms with Crippen molar-refractivity contribution in [2.45, 2.75) is 56.6 Å². The molecule has 1 aromatic heterocycles. The van der Waals surface area contributed by atoms with Crippen molar-refractivity contribution in [3.05, 3.63) is 5.82 Å². The summed E-state index contributed by atoms with van der Waals surface area (Å²) in [6.45, 7) is 3.88. The summed E-state index contributed by atoms with van der Waals surface area (Å²) in [6.07, 6.45) is 4.89. The van der Waals surface area contributed by atoms with Gasteiger partial charge in [-0.15, -0.1) is 10.2 Å². The highest BCUT2D eigenvalue weighted by atomic mass is 32.2. The van der Waals surface area contributed by atoms with Crippen LogP contribution in [0, 0.1) is 11.8 Å². The first-order valence-electron chi connectivity index (χ1n) is 6.85. The first kappa shape index (κ1) is 13.1. The maximum Gasteiger partial charge on any atom is 0.273 e. The molecule has 0 saturated heterocycles. The predicted octanol–water partition coefficient (Wildman–Crippen LogP) is 1.41. The first-order chi connectivity index (χ1) is 8.88. The van der Waals surface area contributed by atoms with Crippen LogP contribution in [-0.4, -0.2) is 23.2 Å². The summed E-state index contributed by atoms with van der Waals surface area (Å²) in [6, 6.07) is -0.00236. The number of primary sulfonamides is 1. The Morgan fingerprint density at radius 2 is 2.00 bits per heavy atom. The van der Waals surface area contributed by atoms with Crippen LogP contribution in [0.1, 0.15) is 57.3 Å². The van der Waals surface area contributed by atoms with Crippen LogP contribution in [0.5, 0.6) is 0 Å². The van der Waals surface area contributed by atoms with Gasteiger partial charge in [-0.2, -0.15) is 0 Å². The molecule has 0 amide bonds. The molecule has 0 aliphatic heterocycles. The third-order valence-corrected chi connectivity index (χ3v) is 5.32. The van der Waals surface area contributed by atoms with Gasteiger partial charge in [0.25, 0.3) is 15.2 Å². The van der Waals surface area contributed by atoms with Crippen molar-refractivity contribution in [1.82, 2.24) is 14.8 Å². The van der Waals surface area contributed by atoms with Crippen molar-refractivity contribution < 1.29 is 8.42 Å². The molecule has 1 aromatic rings. The normalized spacial score (nSPS) is 30.4. The summed E-state index contributed by atoms with van der Waals surface area (Å²) in [4.78, 5) is 0. The number of aromatic nitrogens is 3. The van der Waals surface area contributed by atoms with Crippen molar-refractivity contribution in [3.8, 4) is 0 Å². The van der Waals surface area contributed by atoms with Gasteiger partial charge >= 0.3 is 0 Å². The van der Waals surface area contributed by atoms with Gasteiger partial charge in [0.15, 0.2) is 0 Å². The number of fused-ring (bicyclic) bond motifs is 2. The van der Waals surface area contributed by atoms with Gasteiger partial charge in [0.05, 0.1) is 0 Å². The Labute approximate surface area is 113 Å². The van der Waals surface area contributed by atoms with Crippen molar-refractivity contribution in [1.29, 1.82) is 0 Å². The molecule has 3 rings (SSSR count). The second-order valence-electron chi connectivity index (χ2n) is 6.13. The molecule has 0 radical (unpaired) electrons. The van der Waals surface area contributed by atoms with Gasteiger partial charge in [0.1, 0.15) is 5.82 Å². The second-order valence-corrected chi connectivity index (χ2v) is 7.59. The second kappa shape index (κ2) is 4.28. The highest BCUT2D eigenvalue weighted by Crippen LogP contribution is 2.52. The molecule has 2 fully saturated rings. The Balaban J connectivity index is 2.05. The van der Waals surface area contributed by atoms with E-state index in [4.69, 9.17) is 5.14 Å². The molecular formula is C12H20N4O2S. The van der Waals surface area contributed by atoms with E-state index in [9.17, 15) is 8.42 Å². The van der Waals surface area contributed by atoms with Gasteiger partial charge in [-0.1, -0.05) is 6.42 Å². The van der Waals surface area contributed by atoms with Gasteiger partial charge in [-0.3, -0.25) is 4.57 Å². The monoisotopic (exact) mass is 284 g/mol. The quantitative estimate of drug-likeness (QED) is 0.908. The third-order valence-electron chi connectivity index (χ3n) is 4.53. The highest BCUT2D eigenvalue weighted by Gasteiger charge is 2.43. The topological polar surface area (TPSA) is 90.9 Å². The van der Waals surface area contributed by atoms with E-state index in [-0.39, 0.29) is 11.2 Å². The van der Waals surface area contributed by atoms with E-state index in [0.717, 1.165) is 18.2 Å². The van der Waals surface area contributed by atoms with Crippen LogP contribution >= 0.6 is 0 Å². The number of sulfonamides is 1. The van der Waals surface area contributed by atoms with Crippen LogP contribution in [0.25, 0.3) is 0 Å². The maximum absolute atomic E-state index is 11.6. The van der Waals surface area contributed by atoms with Crippen LogP contribution in [0.2, 0.25) is 0 Å². The zero-order valence-corrected chi connectivity index (χ0v) is 12.1. The molecule has 2 N–H and O–H groups in total. The minimum absolute atomic E-state index is 0.00236. The predicted molar refractivity (Wildman–Crippen MR) is 70.0 cm³/mol. The Bertz CT molecular complexity index is 593. The summed E-state index contributed by atoms with van der Waals surface area (Å²) in [5.41, 5.74) is 0. The summed E-state index contributed by atoms with van der Waals surface area (Å²) in [7, 11) is -3.81. The fourth-order valence-corrected chi connectivity index (χ4v) is 4.51. The largest absolute Gasteiger partial charge is 0.298 e. The molecule has 2 aliphatic carbocycles. The summed E-state index contributed by atoms with van der Waals surface area (Å²) < 4.78 is 24.9. The number of hydrogen-bond donors (Lipinski definition) is 1. The van der Waals surface area contributed by atoms with Crippen molar-refractivity contribution in [2.75, 3.05) is 0 Å². The smallest absolute Gasteiger partial charge is 0.273 e. The minimum Gasteiger partial charge on any atom is -0.298 e. The lowest BCUT2D eigenvalue weighted by molar-refractivity contribution is 0.379. The van der Waals surface area contributed by atoms with Crippen LogP contribution in [0.3, 0.4) is 0 Å². The summed E-state index contributed by atoms with van der Waals surface area (Å²) in [5.74, 6) is 2.58. The Morgan fingerprint density at radius 1 is 1.26 bits per heavy atom. The van der Waals surface area contributed by atoms with Gasteiger partial charge in [0.2, 0.25) is 0 Å². The average molecular weight is 284 g/mol. The van der Waals surface area contributed by atoms with E-state index in [1.54, 1.807) is 4.57 Å². The molecule has 19 heavy (non-hydrogen) atoms. The van der Waals surface area contributed by atoms with E-state index >= 15 is 0 Å². The molecule has 7 heteroatoms. The Hall–Kier alpha value is -0.950. The van der Waals surface area contributed by atoms with Crippen LogP contribution < -0.4 is 5.14 Å². The maximum atomic E-state index is 11.6. The number of rotatable bonds is 3. The fourth-order valence-electron chi connectivity index (χ4n) is 3.78. The van der Waals surface area contributed by atoms with E-state index in [0.29, 0.717) is 11.8 Å². The average Bonchev–Trinajstić information content (AvgIpc) is 3.01. The summed E-state index contributed by atoms with van der Waals surface area (Å²) in [5, 5.41) is 13.1. The van der Waals surface area contributed by atoms with Gasteiger partial charge in [-0.05, 0) is 44.9 Å². The lowest BCUT2D eigenvalue weighted by Crippen LogP contribution is -2.22. The zero-order valence-electron chi connectivity index (χ0n) is 11.3. The van der Waals surface area contributed by atoms with E-state index in [1.165, 1.54) is 19.3 Å². The SMILES string of the molecule is CC(C)n1c(C2CC3CCC2C3)nnc1S(N)(=O)=O. The number of nitrogens with two attached hydrogens (primary N) is 1. The highest BCUT2D eigenvalue weighted by molar-refractivity contribution is 7.89. The molecule has 3 unspecified atom stereocenters. The van der Waals surface area contributed by atoms with Crippen molar-refractivity contribution in [2.24, 2.45) is 17.0 Å². The third kappa shape index (κ3) is 2.08. The van der Waals surface area contributed by atoms with E-state index in [2.05, 4.69) is 10.2 Å². The zero-order chi connectivity index (χ0) is 13.8. The number of hydrogen-bond acceptors (Lipinski definition) is 4. The molecule has 2 bridgehead atoms. The van der Waals surface area contributed by atoms with E-state index < -0.39 is 10.0 Å². The molecule has 3 atom stereocenters. The van der Waals surface area contributed by atoms with Crippen molar-refractivity contribution >= 4 is 10.0 Å². The molecule has 106 valence electrons.